The van der Waals surface area contributed by atoms with Gasteiger partial charge in [-0.2, -0.15) is 9.36 Å². The van der Waals surface area contributed by atoms with Gasteiger partial charge in [0.1, 0.15) is 0 Å². The Labute approximate surface area is 195 Å². The van der Waals surface area contributed by atoms with Crippen LogP contribution >= 0.6 is 12.4 Å². The molecule has 178 valence electrons. The van der Waals surface area contributed by atoms with E-state index >= 15 is 0 Å². The highest BCUT2D eigenvalue weighted by atomic mass is 35.5. The highest BCUT2D eigenvalue weighted by Gasteiger charge is 2.43. The molecule has 32 heavy (non-hydrogen) atoms. The number of carbonyl (C=O) groups excluding carboxylic acids is 1. The van der Waals surface area contributed by atoms with Crippen molar-refractivity contribution < 1.29 is 9.53 Å². The number of piperidine rings is 1. The normalized spacial score (nSPS) is 16.9. The summed E-state index contributed by atoms with van der Waals surface area (Å²) in [6.45, 7) is 8.98. The quantitative estimate of drug-likeness (QED) is 0.563. The van der Waals surface area contributed by atoms with Gasteiger partial charge in [-0.3, -0.25) is 9.69 Å². The van der Waals surface area contributed by atoms with Crippen molar-refractivity contribution in [1.82, 2.24) is 24.7 Å². The first kappa shape index (κ1) is 26.0. The number of methoxy groups -OCH3 is 1. The maximum Gasteiger partial charge on any atom is 0.363 e. The van der Waals surface area contributed by atoms with Crippen LogP contribution in [0.15, 0.2) is 35.1 Å². The van der Waals surface area contributed by atoms with Crippen LogP contribution in [0.4, 0.5) is 5.69 Å². The Morgan fingerprint density at radius 3 is 2.31 bits per heavy atom. The molecule has 1 unspecified atom stereocenters. The van der Waals surface area contributed by atoms with E-state index in [1.54, 1.807) is 7.11 Å². The number of tetrazole rings is 1. The Morgan fingerprint density at radius 2 is 1.78 bits per heavy atom. The number of benzene rings is 1. The summed E-state index contributed by atoms with van der Waals surface area (Å²) in [6.07, 6.45) is 2.03. The SMILES string of the molecule is CCC(=O)N(c1ccccc1)C1(COC)CCN(C(C)Cn2nnn(CC)c2=O)CC1.Cl. The van der Waals surface area contributed by atoms with E-state index < -0.39 is 0 Å². The number of rotatable bonds is 9. The third-order valence-corrected chi connectivity index (χ3v) is 6.24. The molecule has 0 radical (unpaired) electrons. The number of aromatic nitrogens is 4. The minimum atomic E-state index is -0.387. The van der Waals surface area contributed by atoms with Crippen molar-refractivity contribution in [2.75, 3.05) is 31.7 Å². The fourth-order valence-electron chi connectivity index (χ4n) is 4.48. The molecule has 9 nitrogen and oxygen atoms in total. The van der Waals surface area contributed by atoms with Crippen molar-refractivity contribution in [3.05, 3.63) is 40.8 Å². The summed E-state index contributed by atoms with van der Waals surface area (Å²) in [4.78, 5) is 29.6. The summed E-state index contributed by atoms with van der Waals surface area (Å²) >= 11 is 0. The van der Waals surface area contributed by atoms with E-state index in [0.717, 1.165) is 31.6 Å². The van der Waals surface area contributed by atoms with Crippen LogP contribution in [0.5, 0.6) is 0 Å². The van der Waals surface area contributed by atoms with Gasteiger partial charge in [0.25, 0.3) is 0 Å². The number of halogens is 1. The Kier molecular flexibility index (Phi) is 9.42. The fourth-order valence-corrected chi connectivity index (χ4v) is 4.48. The van der Waals surface area contributed by atoms with E-state index in [-0.39, 0.29) is 35.6 Å². The van der Waals surface area contributed by atoms with E-state index in [0.29, 0.717) is 26.1 Å². The highest BCUT2D eigenvalue weighted by Crippen LogP contribution is 2.35. The van der Waals surface area contributed by atoms with E-state index in [9.17, 15) is 9.59 Å². The number of anilines is 1. The Hall–Kier alpha value is -2.23. The number of likely N-dealkylation sites (tertiary alicyclic amines) is 1. The van der Waals surface area contributed by atoms with Crippen LogP contribution in [0.1, 0.15) is 40.0 Å². The third-order valence-electron chi connectivity index (χ3n) is 6.24. The molecular weight excluding hydrogens is 432 g/mol. The zero-order valence-electron chi connectivity index (χ0n) is 19.4. The second-order valence-electron chi connectivity index (χ2n) is 8.22. The van der Waals surface area contributed by atoms with Crippen LogP contribution in [0.25, 0.3) is 0 Å². The number of para-hydroxylation sites is 1. The van der Waals surface area contributed by atoms with Gasteiger partial charge in [0, 0.05) is 44.9 Å². The molecule has 1 atom stereocenters. The molecule has 0 saturated carbocycles. The lowest BCUT2D eigenvalue weighted by Crippen LogP contribution is -2.61. The lowest BCUT2D eigenvalue weighted by Gasteiger charge is -2.49. The van der Waals surface area contributed by atoms with Gasteiger partial charge in [0.2, 0.25) is 5.91 Å². The summed E-state index contributed by atoms with van der Waals surface area (Å²) in [5.41, 5.74) is 0.348. The molecule has 1 aromatic heterocycles. The first-order valence-corrected chi connectivity index (χ1v) is 11.1. The molecule has 1 aliphatic heterocycles. The van der Waals surface area contributed by atoms with Crippen LogP contribution in [-0.2, 0) is 22.6 Å². The molecule has 1 amide bonds. The third kappa shape index (κ3) is 5.39. The summed E-state index contributed by atoms with van der Waals surface area (Å²) in [6, 6.07) is 10.00. The summed E-state index contributed by atoms with van der Waals surface area (Å²) in [5.74, 6) is 0.104. The lowest BCUT2D eigenvalue weighted by atomic mass is 9.84. The Bertz CT molecular complexity index is 908. The van der Waals surface area contributed by atoms with E-state index in [1.165, 1.54) is 9.36 Å². The van der Waals surface area contributed by atoms with Crippen LogP contribution in [0.2, 0.25) is 0 Å². The predicted molar refractivity (Wildman–Crippen MR) is 126 cm³/mol. The molecule has 1 aliphatic rings. The second-order valence-corrected chi connectivity index (χ2v) is 8.22. The van der Waals surface area contributed by atoms with Crippen molar-refractivity contribution in [3.8, 4) is 0 Å². The first-order valence-electron chi connectivity index (χ1n) is 11.1. The number of hydrogen-bond donors (Lipinski definition) is 0. The molecule has 1 fully saturated rings. The van der Waals surface area contributed by atoms with Crippen molar-refractivity contribution >= 4 is 24.0 Å². The van der Waals surface area contributed by atoms with Gasteiger partial charge in [-0.25, -0.2) is 4.79 Å². The minimum absolute atomic E-state index is 0. The van der Waals surface area contributed by atoms with E-state index in [2.05, 4.69) is 22.3 Å². The Morgan fingerprint density at radius 1 is 1.16 bits per heavy atom. The second kappa shape index (κ2) is 11.6. The van der Waals surface area contributed by atoms with Gasteiger partial charge in [-0.15, -0.1) is 12.4 Å². The number of nitrogens with zero attached hydrogens (tertiary/aromatic N) is 6. The highest BCUT2D eigenvalue weighted by molar-refractivity contribution is 5.94. The van der Waals surface area contributed by atoms with Crippen molar-refractivity contribution in [2.24, 2.45) is 0 Å². The van der Waals surface area contributed by atoms with Gasteiger partial charge in [0.15, 0.2) is 0 Å². The lowest BCUT2D eigenvalue weighted by molar-refractivity contribution is -0.120. The summed E-state index contributed by atoms with van der Waals surface area (Å²) < 4.78 is 8.42. The molecule has 0 N–H and O–H groups in total. The van der Waals surface area contributed by atoms with Crippen LogP contribution in [-0.4, -0.2) is 69.0 Å². The van der Waals surface area contributed by atoms with Crippen molar-refractivity contribution in [2.45, 2.75) is 64.7 Å². The van der Waals surface area contributed by atoms with Crippen molar-refractivity contribution in [1.29, 1.82) is 0 Å². The average Bonchev–Trinajstić information content (AvgIpc) is 3.14. The fraction of sp³-hybridized carbons (Fsp3) is 0.636. The summed E-state index contributed by atoms with van der Waals surface area (Å²) in [7, 11) is 1.69. The number of carbonyl (C=O) groups is 1. The maximum absolute atomic E-state index is 13.0. The molecule has 3 rings (SSSR count). The van der Waals surface area contributed by atoms with E-state index in [1.807, 2.05) is 49.1 Å². The number of hydrogen-bond acceptors (Lipinski definition) is 6. The summed E-state index contributed by atoms with van der Waals surface area (Å²) in [5, 5.41) is 7.90. The van der Waals surface area contributed by atoms with Crippen LogP contribution in [0.3, 0.4) is 0 Å². The Balaban J connectivity index is 0.00000363. The number of amides is 1. The molecule has 0 aliphatic carbocycles. The topological polar surface area (TPSA) is 85.5 Å². The zero-order valence-corrected chi connectivity index (χ0v) is 20.3. The average molecular weight is 467 g/mol. The molecule has 2 aromatic rings. The van der Waals surface area contributed by atoms with Gasteiger partial charge in [0.05, 0.1) is 18.7 Å². The smallest absolute Gasteiger partial charge is 0.363 e. The molecule has 0 spiro atoms. The zero-order chi connectivity index (χ0) is 22.4. The number of aryl methyl sites for hydroxylation is 1. The largest absolute Gasteiger partial charge is 0.382 e. The standard InChI is InChI=1S/C22H34N6O3.ClH/c1-5-20(29)28(19-10-8-7-9-11-19)22(17-31-4)12-14-25(15-13-22)18(3)16-27-21(30)26(6-2)23-24-27;/h7-11,18H,5-6,12-17H2,1-4H3;1H. The van der Waals surface area contributed by atoms with Crippen molar-refractivity contribution in [3.63, 3.8) is 0 Å². The monoisotopic (exact) mass is 466 g/mol. The van der Waals surface area contributed by atoms with Gasteiger partial charge < -0.3 is 9.64 Å². The molecule has 10 heteroatoms. The minimum Gasteiger partial charge on any atom is -0.382 e. The van der Waals surface area contributed by atoms with Gasteiger partial charge in [-0.05, 0) is 49.2 Å². The molecular formula is C22H35ClN6O3. The first-order chi connectivity index (χ1) is 15.0. The van der Waals surface area contributed by atoms with Crippen LogP contribution < -0.4 is 10.6 Å². The molecule has 0 bridgehead atoms. The maximum atomic E-state index is 13.0. The van der Waals surface area contributed by atoms with E-state index in [4.69, 9.17) is 4.74 Å². The van der Waals surface area contributed by atoms with Gasteiger partial charge in [-0.1, -0.05) is 25.1 Å². The molecule has 2 heterocycles. The molecule has 1 aromatic carbocycles. The number of ether oxygens (including phenoxy) is 1. The predicted octanol–water partition coefficient (Wildman–Crippen LogP) is 2.19. The molecule has 1 saturated heterocycles. The van der Waals surface area contributed by atoms with Gasteiger partial charge >= 0.3 is 5.69 Å². The van der Waals surface area contributed by atoms with Crippen LogP contribution in [0, 0.1) is 0 Å².